The Morgan fingerprint density at radius 2 is 1.70 bits per heavy atom. The van der Waals surface area contributed by atoms with Crippen molar-refractivity contribution in [1.29, 1.82) is 0 Å². The van der Waals surface area contributed by atoms with E-state index in [1.807, 2.05) is 0 Å². The first kappa shape index (κ1) is 18.9. The number of Topliss-reactive ketones (excluding diaryl/α,β-unsaturated/α-hetero) is 1. The van der Waals surface area contributed by atoms with Gasteiger partial charge in [0.25, 0.3) is 0 Å². The largest absolute Gasteiger partial charge is 0.412 e. The van der Waals surface area contributed by atoms with Crippen LogP contribution in [0, 0.1) is 0 Å². The average Bonchev–Trinajstić information content (AvgIpc) is 2.75. The number of hydrogen-bond acceptors (Lipinski definition) is 1. The normalized spacial score (nSPS) is 16.4. The summed E-state index contributed by atoms with van der Waals surface area (Å²) in [5.74, 6) is 0.388. The van der Waals surface area contributed by atoms with Gasteiger partial charge in [-0.1, -0.05) is 39.3 Å². The van der Waals surface area contributed by atoms with Crippen molar-refractivity contribution >= 4 is 5.78 Å². The zero-order chi connectivity index (χ0) is 15.8. The van der Waals surface area contributed by atoms with E-state index < -0.39 is 11.7 Å². The Hall–Kier alpha value is -1.06. The molecule has 1 rings (SSSR count). The molecule has 1 nitrogen and oxygen atoms in total. The van der Waals surface area contributed by atoms with E-state index in [1.165, 1.54) is 18.6 Å². The third kappa shape index (κ3) is 5.93. The number of carbonyl (C=O) groups excluding carboxylic acids is 1. The number of rotatable bonds is 4. The molecule has 4 heteroatoms. The number of alkyl halides is 3. The Balaban J connectivity index is 0.000000361. The molecule has 0 saturated heterocycles. The van der Waals surface area contributed by atoms with Crippen LogP contribution in [0.2, 0.25) is 0 Å². The Morgan fingerprint density at radius 3 is 1.95 bits per heavy atom. The number of hydrogen-bond donors (Lipinski definition) is 0. The van der Waals surface area contributed by atoms with E-state index in [1.54, 1.807) is 6.92 Å². The highest BCUT2D eigenvalue weighted by Gasteiger charge is 2.31. The Morgan fingerprint density at radius 1 is 1.10 bits per heavy atom. The fraction of sp³-hybridized carbons (Fsp3) is 0.688. The van der Waals surface area contributed by atoms with E-state index in [0.717, 1.165) is 31.3 Å². The maximum atomic E-state index is 11.8. The van der Waals surface area contributed by atoms with Crippen LogP contribution in [0.25, 0.3) is 0 Å². The van der Waals surface area contributed by atoms with Gasteiger partial charge in [0, 0.05) is 12.0 Å². The van der Waals surface area contributed by atoms with Crippen molar-refractivity contribution in [2.24, 2.45) is 0 Å². The standard InChI is InChI=1S/C9H14O.C7H11F3/c1-3-7-5-6-9(10)8(7)4-2;1-3-5-6(4-2)7(8,9)10/h3-6H2,1-2H3;5H,3-4H2,1-2H3/b;6-5+. The average molecular weight is 290 g/mol. The number of allylic oxidation sites excluding steroid dienone is 4. The van der Waals surface area contributed by atoms with Gasteiger partial charge in [-0.25, -0.2) is 0 Å². The molecule has 1 aliphatic rings. The van der Waals surface area contributed by atoms with Gasteiger partial charge in [0.15, 0.2) is 5.78 Å². The molecule has 0 aromatic carbocycles. The van der Waals surface area contributed by atoms with Crippen LogP contribution < -0.4 is 0 Å². The van der Waals surface area contributed by atoms with Crippen LogP contribution in [0.1, 0.15) is 66.2 Å². The van der Waals surface area contributed by atoms with E-state index in [2.05, 4.69) is 13.8 Å². The van der Waals surface area contributed by atoms with Gasteiger partial charge in [0.2, 0.25) is 0 Å². The van der Waals surface area contributed by atoms with Gasteiger partial charge in [-0.2, -0.15) is 13.2 Å². The first-order valence-electron chi connectivity index (χ1n) is 7.31. The minimum absolute atomic E-state index is 0.0668. The Labute approximate surface area is 119 Å². The SMILES string of the molecule is CC/C=C(\CC)C(F)(F)F.CCC1=C(CC)C(=O)CC1. The van der Waals surface area contributed by atoms with E-state index in [0.29, 0.717) is 12.2 Å². The number of carbonyl (C=O) groups is 1. The lowest BCUT2D eigenvalue weighted by molar-refractivity contribution is -0.115. The lowest BCUT2D eigenvalue weighted by atomic mass is 10.1. The molecule has 0 amide bonds. The molecule has 0 aliphatic heterocycles. The van der Waals surface area contributed by atoms with Crippen molar-refractivity contribution in [2.75, 3.05) is 0 Å². The summed E-state index contributed by atoms with van der Waals surface area (Å²) < 4.78 is 35.5. The van der Waals surface area contributed by atoms with Crippen molar-refractivity contribution in [2.45, 2.75) is 72.4 Å². The fourth-order valence-corrected chi connectivity index (χ4v) is 2.31. The molecule has 0 heterocycles. The fourth-order valence-electron chi connectivity index (χ4n) is 2.31. The van der Waals surface area contributed by atoms with Crippen molar-refractivity contribution < 1.29 is 18.0 Å². The van der Waals surface area contributed by atoms with E-state index in [4.69, 9.17) is 0 Å². The van der Waals surface area contributed by atoms with Crippen LogP contribution in [0.5, 0.6) is 0 Å². The number of ketones is 1. The van der Waals surface area contributed by atoms with Gasteiger partial charge in [-0.05, 0) is 37.7 Å². The van der Waals surface area contributed by atoms with E-state index in [-0.39, 0.29) is 6.42 Å². The summed E-state index contributed by atoms with van der Waals surface area (Å²) in [6.45, 7) is 7.40. The summed E-state index contributed by atoms with van der Waals surface area (Å²) >= 11 is 0. The second-order valence-corrected chi connectivity index (χ2v) is 4.70. The maximum absolute atomic E-state index is 11.8. The molecule has 116 valence electrons. The third-order valence-electron chi connectivity index (χ3n) is 3.39. The Kier molecular flexibility index (Phi) is 8.51. The summed E-state index contributed by atoms with van der Waals surface area (Å²) in [4.78, 5) is 11.1. The first-order valence-corrected chi connectivity index (χ1v) is 7.31. The monoisotopic (exact) mass is 290 g/mol. The zero-order valence-electron chi connectivity index (χ0n) is 12.9. The number of halogens is 3. The lowest BCUT2D eigenvalue weighted by Crippen LogP contribution is -2.10. The highest BCUT2D eigenvalue weighted by molar-refractivity contribution is 5.98. The minimum Gasteiger partial charge on any atom is -0.295 e. The van der Waals surface area contributed by atoms with Crippen molar-refractivity contribution in [3.8, 4) is 0 Å². The second-order valence-electron chi connectivity index (χ2n) is 4.70. The van der Waals surface area contributed by atoms with Gasteiger partial charge in [-0.15, -0.1) is 0 Å². The van der Waals surface area contributed by atoms with Gasteiger partial charge < -0.3 is 0 Å². The van der Waals surface area contributed by atoms with Crippen LogP contribution in [0.4, 0.5) is 13.2 Å². The zero-order valence-corrected chi connectivity index (χ0v) is 12.9. The molecule has 0 spiro atoms. The van der Waals surface area contributed by atoms with Gasteiger partial charge in [0.05, 0.1) is 0 Å². The summed E-state index contributed by atoms with van der Waals surface area (Å²) in [5.41, 5.74) is 2.09. The second kappa shape index (κ2) is 8.98. The molecule has 0 saturated carbocycles. The Bertz CT molecular complexity index is 376. The first-order chi connectivity index (χ1) is 9.31. The van der Waals surface area contributed by atoms with Crippen LogP contribution in [0.15, 0.2) is 22.8 Å². The molecule has 0 aromatic rings. The molecule has 0 atom stereocenters. The minimum atomic E-state index is -4.12. The van der Waals surface area contributed by atoms with Crippen LogP contribution in [-0.4, -0.2) is 12.0 Å². The third-order valence-corrected chi connectivity index (χ3v) is 3.39. The smallest absolute Gasteiger partial charge is 0.295 e. The van der Waals surface area contributed by atoms with E-state index in [9.17, 15) is 18.0 Å². The van der Waals surface area contributed by atoms with Crippen LogP contribution in [0.3, 0.4) is 0 Å². The summed E-state index contributed by atoms with van der Waals surface area (Å²) in [5, 5.41) is 0. The molecule has 0 N–H and O–H groups in total. The molecular formula is C16H25F3O. The highest BCUT2D eigenvalue weighted by atomic mass is 19.4. The molecule has 0 unspecified atom stereocenters. The maximum Gasteiger partial charge on any atom is 0.412 e. The van der Waals surface area contributed by atoms with Gasteiger partial charge in [-0.3, -0.25) is 4.79 Å². The van der Waals surface area contributed by atoms with Gasteiger partial charge >= 0.3 is 6.18 Å². The lowest BCUT2D eigenvalue weighted by Gasteiger charge is -2.07. The molecule has 20 heavy (non-hydrogen) atoms. The van der Waals surface area contributed by atoms with Crippen molar-refractivity contribution in [1.82, 2.24) is 0 Å². The van der Waals surface area contributed by atoms with Gasteiger partial charge in [0.1, 0.15) is 0 Å². The summed E-state index contributed by atoms with van der Waals surface area (Å²) in [6, 6.07) is 0. The molecular weight excluding hydrogens is 265 g/mol. The van der Waals surface area contributed by atoms with Crippen molar-refractivity contribution in [3.63, 3.8) is 0 Å². The molecule has 0 aromatic heterocycles. The van der Waals surface area contributed by atoms with Crippen LogP contribution >= 0.6 is 0 Å². The topological polar surface area (TPSA) is 17.1 Å². The van der Waals surface area contributed by atoms with Crippen molar-refractivity contribution in [3.05, 3.63) is 22.8 Å². The summed E-state index contributed by atoms with van der Waals surface area (Å²) in [6.07, 6.45) is 1.41. The molecule has 0 bridgehead atoms. The molecule has 0 radical (unpaired) electrons. The summed E-state index contributed by atoms with van der Waals surface area (Å²) in [7, 11) is 0. The predicted octanol–water partition coefficient (Wildman–Crippen LogP) is 5.76. The molecule has 0 fully saturated rings. The highest BCUT2D eigenvalue weighted by Crippen LogP contribution is 2.28. The van der Waals surface area contributed by atoms with Crippen LogP contribution in [-0.2, 0) is 4.79 Å². The van der Waals surface area contributed by atoms with E-state index >= 15 is 0 Å². The predicted molar refractivity (Wildman–Crippen MR) is 76.6 cm³/mol. The quantitative estimate of drug-likeness (QED) is 0.601. The molecule has 1 aliphatic carbocycles.